The Morgan fingerprint density at radius 2 is 2.15 bits per heavy atom. The van der Waals surface area contributed by atoms with Crippen LogP contribution in [0.15, 0.2) is 30.7 Å². The molecule has 2 rings (SSSR count). The second kappa shape index (κ2) is 7.65. The molecule has 0 amide bonds. The number of hydrogen-bond acceptors (Lipinski definition) is 4. The quantitative estimate of drug-likeness (QED) is 0.751. The Morgan fingerprint density at radius 1 is 1.25 bits per heavy atom. The maximum atomic E-state index is 5.65. The smallest absolute Gasteiger partial charge is 0.157 e. The van der Waals surface area contributed by atoms with Crippen LogP contribution in [0.5, 0.6) is 5.75 Å². The van der Waals surface area contributed by atoms with Gasteiger partial charge in [0.1, 0.15) is 6.61 Å². The summed E-state index contributed by atoms with van der Waals surface area (Å²) in [5.74, 6) is 0.780. The normalized spacial score (nSPS) is 10.7. The molecule has 2 heterocycles. The van der Waals surface area contributed by atoms with Crippen molar-refractivity contribution in [3.05, 3.63) is 42.0 Å². The number of hydrogen-bond donors (Lipinski definition) is 1. The second-order valence-electron chi connectivity index (χ2n) is 4.65. The standard InChI is InChI=1S/C15H22N4O/c1-3-7-16-8-13-5-6-14(17-9-13)12-20-15-10-18-19(4-2)11-15/h5-6,9-11,16H,3-4,7-8,12H2,1-2H3. The maximum absolute atomic E-state index is 5.65. The molecule has 0 fully saturated rings. The van der Waals surface area contributed by atoms with Gasteiger partial charge in [-0.05, 0) is 31.5 Å². The van der Waals surface area contributed by atoms with E-state index in [1.54, 1.807) is 6.20 Å². The molecule has 0 aliphatic heterocycles. The maximum Gasteiger partial charge on any atom is 0.157 e. The van der Waals surface area contributed by atoms with Crippen molar-refractivity contribution in [3.8, 4) is 5.75 Å². The Morgan fingerprint density at radius 3 is 2.80 bits per heavy atom. The molecule has 0 radical (unpaired) electrons. The first-order chi connectivity index (χ1) is 9.81. The Labute approximate surface area is 120 Å². The first-order valence-corrected chi connectivity index (χ1v) is 7.11. The largest absolute Gasteiger partial charge is 0.484 e. The Hall–Kier alpha value is -1.88. The van der Waals surface area contributed by atoms with E-state index in [1.165, 1.54) is 5.56 Å². The minimum absolute atomic E-state index is 0.470. The van der Waals surface area contributed by atoms with Gasteiger partial charge in [-0.25, -0.2) is 0 Å². The molecule has 0 atom stereocenters. The van der Waals surface area contributed by atoms with Crippen LogP contribution < -0.4 is 10.1 Å². The van der Waals surface area contributed by atoms with Gasteiger partial charge >= 0.3 is 0 Å². The molecule has 0 aliphatic carbocycles. The zero-order chi connectivity index (χ0) is 14.2. The summed E-state index contributed by atoms with van der Waals surface area (Å²) in [6, 6.07) is 4.09. The van der Waals surface area contributed by atoms with E-state index < -0.39 is 0 Å². The summed E-state index contributed by atoms with van der Waals surface area (Å²) < 4.78 is 7.49. The van der Waals surface area contributed by atoms with E-state index >= 15 is 0 Å². The van der Waals surface area contributed by atoms with Crippen LogP contribution >= 0.6 is 0 Å². The number of ether oxygens (including phenoxy) is 1. The van der Waals surface area contributed by atoms with E-state index in [2.05, 4.69) is 28.4 Å². The first kappa shape index (κ1) is 14.5. The van der Waals surface area contributed by atoms with Gasteiger partial charge in [-0.3, -0.25) is 9.67 Å². The SMILES string of the molecule is CCCNCc1ccc(COc2cnn(CC)c2)nc1. The molecule has 5 heteroatoms. The molecular formula is C15H22N4O. The van der Waals surface area contributed by atoms with Gasteiger partial charge in [0.05, 0.1) is 18.1 Å². The summed E-state index contributed by atoms with van der Waals surface area (Å²) >= 11 is 0. The number of aromatic nitrogens is 3. The van der Waals surface area contributed by atoms with Crippen LogP contribution in [0.3, 0.4) is 0 Å². The van der Waals surface area contributed by atoms with Crippen molar-refractivity contribution in [2.45, 2.75) is 40.0 Å². The molecule has 0 saturated heterocycles. The van der Waals surface area contributed by atoms with E-state index in [-0.39, 0.29) is 0 Å². The molecular weight excluding hydrogens is 252 g/mol. The highest BCUT2D eigenvalue weighted by Crippen LogP contribution is 2.10. The lowest BCUT2D eigenvalue weighted by Crippen LogP contribution is -2.14. The van der Waals surface area contributed by atoms with Crippen molar-refractivity contribution in [1.29, 1.82) is 0 Å². The highest BCUT2D eigenvalue weighted by molar-refractivity contribution is 5.16. The third-order valence-electron chi connectivity index (χ3n) is 2.96. The van der Waals surface area contributed by atoms with Crippen LogP contribution in [0.1, 0.15) is 31.5 Å². The van der Waals surface area contributed by atoms with Gasteiger partial charge < -0.3 is 10.1 Å². The molecule has 0 aliphatic rings. The van der Waals surface area contributed by atoms with Crippen molar-refractivity contribution in [1.82, 2.24) is 20.1 Å². The van der Waals surface area contributed by atoms with E-state index in [9.17, 15) is 0 Å². The van der Waals surface area contributed by atoms with E-state index in [1.807, 2.05) is 30.1 Å². The van der Waals surface area contributed by atoms with Crippen LogP contribution in [0.2, 0.25) is 0 Å². The number of nitrogens with zero attached hydrogens (tertiary/aromatic N) is 3. The van der Waals surface area contributed by atoms with Gasteiger partial charge in [-0.15, -0.1) is 0 Å². The predicted molar refractivity (Wildman–Crippen MR) is 78.5 cm³/mol. The summed E-state index contributed by atoms with van der Waals surface area (Å²) in [5.41, 5.74) is 2.12. The zero-order valence-corrected chi connectivity index (χ0v) is 12.2. The van der Waals surface area contributed by atoms with Crippen LogP contribution in [0, 0.1) is 0 Å². The van der Waals surface area contributed by atoms with E-state index in [0.717, 1.165) is 37.5 Å². The lowest BCUT2D eigenvalue weighted by Gasteiger charge is -2.05. The summed E-state index contributed by atoms with van der Waals surface area (Å²) in [7, 11) is 0. The van der Waals surface area contributed by atoms with Gasteiger partial charge in [-0.2, -0.15) is 5.10 Å². The van der Waals surface area contributed by atoms with Crippen molar-refractivity contribution in [2.75, 3.05) is 6.54 Å². The summed E-state index contributed by atoms with van der Waals surface area (Å²) in [5, 5.41) is 7.52. The van der Waals surface area contributed by atoms with Crippen LogP contribution in [-0.2, 0) is 19.7 Å². The molecule has 0 saturated carbocycles. The number of pyridine rings is 1. The number of rotatable bonds is 8. The number of aryl methyl sites for hydroxylation is 1. The lowest BCUT2D eigenvalue weighted by atomic mass is 10.2. The van der Waals surface area contributed by atoms with E-state index in [0.29, 0.717) is 6.61 Å². The van der Waals surface area contributed by atoms with Gasteiger partial charge in [0.15, 0.2) is 5.75 Å². The van der Waals surface area contributed by atoms with Gasteiger partial charge in [0, 0.05) is 19.3 Å². The van der Waals surface area contributed by atoms with Crippen LogP contribution in [0.25, 0.3) is 0 Å². The van der Waals surface area contributed by atoms with E-state index in [4.69, 9.17) is 4.74 Å². The predicted octanol–water partition coefficient (Wildman–Crippen LogP) is 2.38. The molecule has 2 aromatic rings. The van der Waals surface area contributed by atoms with Crippen LogP contribution in [-0.4, -0.2) is 21.3 Å². The third kappa shape index (κ3) is 4.35. The monoisotopic (exact) mass is 274 g/mol. The van der Waals surface area contributed by atoms with Gasteiger partial charge in [-0.1, -0.05) is 13.0 Å². The molecule has 0 unspecified atom stereocenters. The third-order valence-corrected chi connectivity index (χ3v) is 2.96. The molecule has 2 aromatic heterocycles. The van der Waals surface area contributed by atoms with Crippen molar-refractivity contribution < 1.29 is 4.74 Å². The summed E-state index contributed by atoms with van der Waals surface area (Å²) in [4.78, 5) is 4.41. The second-order valence-corrected chi connectivity index (χ2v) is 4.65. The highest BCUT2D eigenvalue weighted by atomic mass is 16.5. The molecule has 1 N–H and O–H groups in total. The summed E-state index contributed by atoms with van der Waals surface area (Å²) in [6.45, 7) is 7.42. The lowest BCUT2D eigenvalue weighted by molar-refractivity contribution is 0.301. The van der Waals surface area contributed by atoms with Crippen molar-refractivity contribution in [2.24, 2.45) is 0 Å². The minimum atomic E-state index is 0.470. The molecule has 0 bridgehead atoms. The molecule has 0 aromatic carbocycles. The summed E-state index contributed by atoms with van der Waals surface area (Å²) in [6.07, 6.45) is 6.66. The Bertz CT molecular complexity index is 507. The fourth-order valence-corrected chi connectivity index (χ4v) is 1.80. The van der Waals surface area contributed by atoms with Crippen LogP contribution in [0.4, 0.5) is 0 Å². The molecule has 0 spiro atoms. The minimum Gasteiger partial charge on any atom is -0.484 e. The molecule has 108 valence electrons. The molecule has 20 heavy (non-hydrogen) atoms. The average Bonchev–Trinajstić information content (AvgIpc) is 2.95. The first-order valence-electron chi connectivity index (χ1n) is 7.11. The van der Waals surface area contributed by atoms with Gasteiger partial charge in [0.2, 0.25) is 0 Å². The average molecular weight is 274 g/mol. The number of nitrogens with one attached hydrogen (secondary N) is 1. The Balaban J connectivity index is 1.81. The molecule has 5 nitrogen and oxygen atoms in total. The fourth-order valence-electron chi connectivity index (χ4n) is 1.80. The zero-order valence-electron chi connectivity index (χ0n) is 12.2. The van der Waals surface area contributed by atoms with Gasteiger partial charge in [0.25, 0.3) is 0 Å². The fraction of sp³-hybridized carbons (Fsp3) is 0.467. The highest BCUT2D eigenvalue weighted by Gasteiger charge is 2.01. The topological polar surface area (TPSA) is 52.0 Å². The van der Waals surface area contributed by atoms with Crippen molar-refractivity contribution in [3.63, 3.8) is 0 Å². The van der Waals surface area contributed by atoms with Crippen molar-refractivity contribution >= 4 is 0 Å². The Kier molecular flexibility index (Phi) is 5.55.